The van der Waals surface area contributed by atoms with Gasteiger partial charge in [-0.1, -0.05) is 25.1 Å². The second-order valence-electron chi connectivity index (χ2n) is 8.42. The van der Waals surface area contributed by atoms with Gasteiger partial charge in [0.15, 0.2) is 5.65 Å². The van der Waals surface area contributed by atoms with Crippen molar-refractivity contribution >= 4 is 34.5 Å². The fraction of sp³-hybridized carbons (Fsp3) is 0.417. The van der Waals surface area contributed by atoms with Crippen LogP contribution >= 0.6 is 0 Å². The Morgan fingerprint density at radius 2 is 1.94 bits per heavy atom. The van der Waals surface area contributed by atoms with Crippen LogP contribution in [0.25, 0.3) is 11.0 Å². The number of hydrogen-bond donors (Lipinski definition) is 4. The predicted molar refractivity (Wildman–Crippen MR) is 133 cm³/mol. The Hall–Kier alpha value is -3.34. The molecule has 1 aromatic carbocycles. The molecule has 2 aromatic heterocycles. The third-order valence-corrected chi connectivity index (χ3v) is 5.78. The number of pyridine rings is 1. The summed E-state index contributed by atoms with van der Waals surface area (Å²) >= 11 is 0. The lowest BCUT2D eigenvalue weighted by Gasteiger charge is -2.37. The van der Waals surface area contributed by atoms with E-state index in [0.717, 1.165) is 50.1 Å². The number of rotatable bonds is 9. The van der Waals surface area contributed by atoms with Crippen LogP contribution in [0.1, 0.15) is 19.8 Å². The molecule has 1 fully saturated rings. The van der Waals surface area contributed by atoms with Crippen molar-refractivity contribution in [1.82, 2.24) is 30.6 Å². The highest BCUT2D eigenvalue weighted by atomic mass is 16.3. The number of aromatic nitrogens is 3. The molecule has 4 rings (SSSR count). The van der Waals surface area contributed by atoms with E-state index in [1.807, 2.05) is 41.4 Å². The first-order chi connectivity index (χ1) is 16.6. The Morgan fingerprint density at radius 1 is 1.15 bits per heavy atom. The maximum Gasteiger partial charge on any atom is 0.320 e. The van der Waals surface area contributed by atoms with E-state index in [4.69, 9.17) is 10.1 Å². The van der Waals surface area contributed by atoms with Crippen LogP contribution in [0.5, 0.6) is 0 Å². The normalized spacial score (nSPS) is 15.1. The number of aliphatic hydroxyl groups is 1. The minimum Gasteiger partial charge on any atom is -0.396 e. The van der Waals surface area contributed by atoms with Gasteiger partial charge >= 0.3 is 6.03 Å². The smallest absolute Gasteiger partial charge is 0.320 e. The van der Waals surface area contributed by atoms with Crippen LogP contribution in [0, 0.1) is 5.92 Å². The zero-order valence-corrected chi connectivity index (χ0v) is 19.4. The molecule has 1 saturated heterocycles. The van der Waals surface area contributed by atoms with Crippen LogP contribution in [-0.2, 0) is 0 Å². The Bertz CT molecular complexity index is 1080. The lowest BCUT2D eigenvalue weighted by molar-refractivity contribution is 0.240. The Kier molecular flexibility index (Phi) is 8.18. The van der Waals surface area contributed by atoms with E-state index in [1.165, 1.54) is 0 Å². The highest BCUT2D eigenvalue weighted by Gasteiger charge is 2.23. The van der Waals surface area contributed by atoms with E-state index < -0.39 is 0 Å². The van der Waals surface area contributed by atoms with Gasteiger partial charge in [-0.05, 0) is 43.0 Å². The molecule has 0 bridgehead atoms. The summed E-state index contributed by atoms with van der Waals surface area (Å²) in [5, 5.41) is 23.0. The first kappa shape index (κ1) is 23.8. The summed E-state index contributed by atoms with van der Waals surface area (Å²) in [6.45, 7) is 6.19. The fourth-order valence-electron chi connectivity index (χ4n) is 3.86. The van der Waals surface area contributed by atoms with Gasteiger partial charge in [0.25, 0.3) is 0 Å². The topological polar surface area (TPSA) is 119 Å². The van der Waals surface area contributed by atoms with E-state index in [-0.39, 0.29) is 12.6 Å². The number of para-hydroxylation sites is 1. The van der Waals surface area contributed by atoms with Crippen LogP contribution in [0.15, 0.2) is 48.7 Å². The average Bonchev–Trinajstić information content (AvgIpc) is 2.85. The van der Waals surface area contributed by atoms with Gasteiger partial charge in [-0.3, -0.25) is 5.32 Å². The van der Waals surface area contributed by atoms with E-state index in [2.05, 4.69) is 37.9 Å². The number of nitrogens with zero attached hydrogens (tertiary/aromatic N) is 5. The third kappa shape index (κ3) is 6.16. The predicted octanol–water partition coefficient (Wildman–Crippen LogP) is 2.51. The molecular weight excluding hydrogens is 432 g/mol. The standard InChI is InChI=1S/C24H32N8O2/c1-18(10-16-33)9-11-26-24(34)29-21-8-7-19-17-27-23(30-22(19)28-21)32(20-5-3-2-4-6-20)31-14-12-25-13-15-31/h2-8,17-18,25,33H,9-16H2,1H3,(H2,26,27,28,29,30,34)/t18-/m0/s1. The van der Waals surface area contributed by atoms with Gasteiger partial charge in [-0.2, -0.15) is 4.98 Å². The number of carbonyl (C=O) groups excluding carboxylic acids is 1. The van der Waals surface area contributed by atoms with Gasteiger partial charge in [0.05, 0.1) is 5.69 Å². The number of benzene rings is 1. The summed E-state index contributed by atoms with van der Waals surface area (Å²) in [4.78, 5) is 26.2. The third-order valence-electron chi connectivity index (χ3n) is 5.78. The molecule has 10 heteroatoms. The van der Waals surface area contributed by atoms with Crippen molar-refractivity contribution in [3.8, 4) is 0 Å². The van der Waals surface area contributed by atoms with Crippen LogP contribution in [-0.4, -0.2) is 70.4 Å². The molecule has 10 nitrogen and oxygen atoms in total. The number of urea groups is 1. The molecule has 0 spiro atoms. The van der Waals surface area contributed by atoms with Crippen LogP contribution in [0.4, 0.5) is 22.2 Å². The summed E-state index contributed by atoms with van der Waals surface area (Å²) < 4.78 is 0. The Balaban J connectivity index is 1.51. The largest absolute Gasteiger partial charge is 0.396 e. The first-order valence-corrected chi connectivity index (χ1v) is 11.7. The molecule has 0 saturated carbocycles. The quantitative estimate of drug-likeness (QED) is 0.382. The number of carbonyl (C=O) groups is 1. The molecule has 1 aliphatic rings. The van der Waals surface area contributed by atoms with Crippen molar-refractivity contribution in [1.29, 1.82) is 0 Å². The van der Waals surface area contributed by atoms with Gasteiger partial charge < -0.3 is 15.7 Å². The van der Waals surface area contributed by atoms with Crippen LogP contribution in [0.3, 0.4) is 0 Å². The number of hydrazine groups is 1. The van der Waals surface area contributed by atoms with E-state index >= 15 is 0 Å². The molecule has 2 amide bonds. The zero-order valence-electron chi connectivity index (χ0n) is 19.4. The van der Waals surface area contributed by atoms with Gasteiger partial charge in [0.1, 0.15) is 5.82 Å². The van der Waals surface area contributed by atoms with Gasteiger partial charge in [-0.15, -0.1) is 0 Å². The van der Waals surface area contributed by atoms with Gasteiger partial charge in [0, 0.05) is 50.9 Å². The average molecular weight is 465 g/mol. The summed E-state index contributed by atoms with van der Waals surface area (Å²) in [6, 6.07) is 13.3. The number of amides is 2. The summed E-state index contributed by atoms with van der Waals surface area (Å²) in [7, 11) is 0. The monoisotopic (exact) mass is 464 g/mol. The van der Waals surface area contributed by atoms with Crippen molar-refractivity contribution in [2.75, 3.05) is 49.7 Å². The van der Waals surface area contributed by atoms with Crippen molar-refractivity contribution in [2.24, 2.45) is 5.92 Å². The van der Waals surface area contributed by atoms with Crippen LogP contribution in [0.2, 0.25) is 0 Å². The first-order valence-electron chi connectivity index (χ1n) is 11.7. The molecule has 4 N–H and O–H groups in total. The highest BCUT2D eigenvalue weighted by Crippen LogP contribution is 2.26. The Labute approximate surface area is 199 Å². The van der Waals surface area contributed by atoms with Gasteiger partial charge in [-0.25, -0.2) is 24.8 Å². The van der Waals surface area contributed by atoms with Crippen molar-refractivity contribution in [3.63, 3.8) is 0 Å². The molecule has 3 aromatic rings. The second-order valence-corrected chi connectivity index (χ2v) is 8.42. The molecule has 180 valence electrons. The molecule has 0 aliphatic carbocycles. The summed E-state index contributed by atoms with van der Waals surface area (Å²) in [6.07, 6.45) is 3.29. The van der Waals surface area contributed by atoms with Crippen molar-refractivity contribution in [3.05, 3.63) is 48.7 Å². The van der Waals surface area contributed by atoms with E-state index in [9.17, 15) is 4.79 Å². The minimum atomic E-state index is -0.316. The molecule has 1 atom stereocenters. The minimum absolute atomic E-state index is 0.161. The zero-order chi connectivity index (χ0) is 23.8. The number of hydrogen-bond acceptors (Lipinski definition) is 8. The lowest BCUT2D eigenvalue weighted by atomic mass is 10.1. The number of piperazine rings is 1. The number of aliphatic hydroxyl groups excluding tert-OH is 1. The van der Waals surface area contributed by atoms with E-state index in [1.54, 1.807) is 12.3 Å². The lowest BCUT2D eigenvalue weighted by Crippen LogP contribution is -2.51. The maximum absolute atomic E-state index is 12.3. The molecule has 0 unspecified atom stereocenters. The van der Waals surface area contributed by atoms with Gasteiger partial charge in [0.2, 0.25) is 5.95 Å². The molecule has 0 radical (unpaired) electrons. The summed E-state index contributed by atoms with van der Waals surface area (Å²) in [5.74, 6) is 1.31. The van der Waals surface area contributed by atoms with E-state index in [0.29, 0.717) is 29.9 Å². The molecule has 1 aliphatic heterocycles. The fourth-order valence-corrected chi connectivity index (χ4v) is 3.86. The summed E-state index contributed by atoms with van der Waals surface area (Å²) in [5.41, 5.74) is 1.49. The molecule has 3 heterocycles. The number of fused-ring (bicyclic) bond motifs is 1. The van der Waals surface area contributed by atoms with Crippen molar-refractivity contribution in [2.45, 2.75) is 19.8 Å². The number of anilines is 3. The number of nitrogens with one attached hydrogen (secondary N) is 3. The highest BCUT2D eigenvalue weighted by molar-refractivity contribution is 5.89. The second kappa shape index (κ2) is 11.7. The Morgan fingerprint density at radius 3 is 2.71 bits per heavy atom. The SMILES string of the molecule is C[C@H](CCO)CCNC(=O)Nc1ccc2cnc(N(c3ccccc3)N3CCNCC3)nc2n1. The molecular formula is C24H32N8O2. The molecule has 34 heavy (non-hydrogen) atoms. The van der Waals surface area contributed by atoms with Crippen molar-refractivity contribution < 1.29 is 9.90 Å². The van der Waals surface area contributed by atoms with Crippen LogP contribution < -0.4 is 21.0 Å². The maximum atomic E-state index is 12.3.